The third-order valence-electron chi connectivity index (χ3n) is 3.56. The second-order valence-corrected chi connectivity index (χ2v) is 5.06. The molecule has 22 heavy (non-hydrogen) atoms. The van der Waals surface area contributed by atoms with E-state index in [4.69, 9.17) is 0 Å². The smallest absolute Gasteiger partial charge is 0.291 e. The van der Waals surface area contributed by atoms with E-state index in [-0.39, 0.29) is 11.5 Å². The van der Waals surface area contributed by atoms with Gasteiger partial charge < -0.3 is 9.72 Å². The van der Waals surface area contributed by atoms with Crippen molar-refractivity contribution < 1.29 is 4.79 Å². The molecule has 0 aliphatic carbocycles. The number of aromatic nitrogens is 3. The highest BCUT2D eigenvalue weighted by Gasteiger charge is 2.18. The van der Waals surface area contributed by atoms with Crippen molar-refractivity contribution in [2.75, 3.05) is 0 Å². The number of amides is 1. The number of fused-ring (bicyclic) bond motifs is 1. The molecule has 2 heterocycles. The van der Waals surface area contributed by atoms with E-state index in [1.54, 1.807) is 29.7 Å². The van der Waals surface area contributed by atoms with Crippen LogP contribution in [0, 0.1) is 0 Å². The van der Waals surface area contributed by atoms with Crippen LogP contribution in [0.25, 0.3) is 5.52 Å². The van der Waals surface area contributed by atoms with Gasteiger partial charge in [-0.15, -0.1) is 0 Å². The van der Waals surface area contributed by atoms with Gasteiger partial charge in [0.05, 0.1) is 0 Å². The van der Waals surface area contributed by atoms with Crippen LogP contribution in [0.3, 0.4) is 0 Å². The maximum atomic E-state index is 12.3. The van der Waals surface area contributed by atoms with Crippen molar-refractivity contribution in [3.8, 4) is 0 Å². The van der Waals surface area contributed by atoms with Gasteiger partial charge in [0.25, 0.3) is 5.56 Å². The van der Waals surface area contributed by atoms with Gasteiger partial charge in [-0.25, -0.2) is 4.68 Å². The van der Waals surface area contributed by atoms with Crippen LogP contribution in [0.2, 0.25) is 0 Å². The Morgan fingerprint density at radius 3 is 2.77 bits per heavy atom. The van der Waals surface area contributed by atoms with Crippen LogP contribution < -0.4 is 10.9 Å². The Kier molecular flexibility index (Phi) is 3.74. The van der Waals surface area contributed by atoms with E-state index < -0.39 is 6.04 Å². The summed E-state index contributed by atoms with van der Waals surface area (Å²) < 4.78 is 2.84. The van der Waals surface area contributed by atoms with Crippen LogP contribution in [-0.4, -0.2) is 20.1 Å². The highest BCUT2D eigenvalue weighted by Crippen LogP contribution is 2.04. The van der Waals surface area contributed by atoms with Crippen LogP contribution in [-0.2, 0) is 11.3 Å². The molecule has 0 aliphatic rings. The van der Waals surface area contributed by atoms with Crippen LogP contribution >= 0.6 is 0 Å². The molecular formula is C16H16N4O2. The van der Waals surface area contributed by atoms with Gasteiger partial charge in [-0.2, -0.15) is 5.10 Å². The third kappa shape index (κ3) is 2.63. The Bertz CT molecular complexity index is 851. The van der Waals surface area contributed by atoms with Crippen molar-refractivity contribution in [3.63, 3.8) is 0 Å². The molecule has 1 amide bonds. The third-order valence-corrected chi connectivity index (χ3v) is 3.56. The van der Waals surface area contributed by atoms with Gasteiger partial charge in [-0.05, 0) is 24.6 Å². The molecule has 1 aromatic carbocycles. The maximum Gasteiger partial charge on any atom is 0.291 e. The summed E-state index contributed by atoms with van der Waals surface area (Å²) in [5, 5.41) is 6.88. The van der Waals surface area contributed by atoms with Crippen molar-refractivity contribution in [2.45, 2.75) is 19.5 Å². The predicted molar refractivity (Wildman–Crippen MR) is 82.5 cm³/mol. The molecule has 1 unspecified atom stereocenters. The summed E-state index contributed by atoms with van der Waals surface area (Å²) in [6.07, 6.45) is 3.27. The predicted octanol–water partition coefficient (Wildman–Crippen LogP) is 1.37. The lowest BCUT2D eigenvalue weighted by Crippen LogP contribution is -2.37. The Balaban J connectivity index is 1.77. The summed E-state index contributed by atoms with van der Waals surface area (Å²) in [5.74, 6) is -0.241. The number of benzene rings is 1. The normalized spacial score (nSPS) is 12.2. The number of hydrogen-bond donors (Lipinski definition) is 1. The molecule has 0 bridgehead atoms. The summed E-state index contributed by atoms with van der Waals surface area (Å²) >= 11 is 0. The lowest BCUT2D eigenvalue weighted by Gasteiger charge is -2.14. The van der Waals surface area contributed by atoms with Crippen LogP contribution in [0.4, 0.5) is 0 Å². The van der Waals surface area contributed by atoms with Crippen molar-refractivity contribution in [2.24, 2.45) is 0 Å². The summed E-state index contributed by atoms with van der Waals surface area (Å²) in [6, 6.07) is 12.4. The zero-order valence-electron chi connectivity index (χ0n) is 12.1. The van der Waals surface area contributed by atoms with Crippen molar-refractivity contribution in [1.29, 1.82) is 0 Å². The quantitative estimate of drug-likeness (QED) is 0.790. The fraction of sp³-hybridized carbons (Fsp3) is 0.188. The molecule has 0 fully saturated rings. The Hall–Kier alpha value is -2.89. The standard InChI is InChI=1S/C16H16N4O2/c1-12(15(21)17-10-13-6-3-2-4-7-13)20-16(22)14-8-5-9-19(14)11-18-20/h2-9,11-12H,10H2,1H3,(H,17,21). The van der Waals surface area contributed by atoms with Crippen LogP contribution in [0.15, 0.2) is 59.8 Å². The van der Waals surface area contributed by atoms with E-state index >= 15 is 0 Å². The first-order valence-corrected chi connectivity index (χ1v) is 7.03. The molecular weight excluding hydrogens is 280 g/mol. The van der Waals surface area contributed by atoms with E-state index in [1.165, 1.54) is 11.0 Å². The van der Waals surface area contributed by atoms with E-state index in [1.807, 2.05) is 30.3 Å². The molecule has 6 nitrogen and oxygen atoms in total. The highest BCUT2D eigenvalue weighted by molar-refractivity contribution is 5.79. The fourth-order valence-corrected chi connectivity index (χ4v) is 2.28. The molecule has 2 aromatic heterocycles. The number of carbonyl (C=O) groups excluding carboxylic acids is 1. The number of nitrogens with zero attached hydrogens (tertiary/aromatic N) is 3. The molecule has 3 aromatic rings. The zero-order valence-corrected chi connectivity index (χ0v) is 12.1. The van der Waals surface area contributed by atoms with Gasteiger partial charge in [0, 0.05) is 12.7 Å². The second-order valence-electron chi connectivity index (χ2n) is 5.06. The molecule has 112 valence electrons. The number of nitrogens with one attached hydrogen (secondary N) is 1. The first kappa shape index (κ1) is 14.1. The Labute approximate surface area is 127 Å². The molecule has 0 aliphatic heterocycles. The number of carbonyl (C=O) groups is 1. The summed E-state index contributed by atoms with van der Waals surface area (Å²) in [5.41, 5.74) is 1.22. The largest absolute Gasteiger partial charge is 0.350 e. The first-order chi connectivity index (χ1) is 10.7. The van der Waals surface area contributed by atoms with E-state index in [0.29, 0.717) is 12.1 Å². The summed E-state index contributed by atoms with van der Waals surface area (Å²) in [6.45, 7) is 2.08. The second kappa shape index (κ2) is 5.85. The Morgan fingerprint density at radius 2 is 2.00 bits per heavy atom. The van der Waals surface area contributed by atoms with Gasteiger partial charge >= 0.3 is 0 Å². The van der Waals surface area contributed by atoms with Gasteiger partial charge in [-0.1, -0.05) is 30.3 Å². The SMILES string of the molecule is CC(C(=O)NCc1ccccc1)n1ncn2cccc2c1=O. The monoisotopic (exact) mass is 296 g/mol. The van der Waals surface area contributed by atoms with Crippen molar-refractivity contribution in [3.05, 3.63) is 70.9 Å². The maximum absolute atomic E-state index is 12.3. The average molecular weight is 296 g/mol. The molecule has 0 spiro atoms. The van der Waals surface area contributed by atoms with Crippen molar-refractivity contribution in [1.82, 2.24) is 19.5 Å². The fourth-order valence-electron chi connectivity index (χ4n) is 2.28. The first-order valence-electron chi connectivity index (χ1n) is 7.03. The molecule has 0 radical (unpaired) electrons. The van der Waals surface area contributed by atoms with Gasteiger partial charge in [0.2, 0.25) is 5.91 Å². The van der Waals surface area contributed by atoms with E-state index in [0.717, 1.165) is 5.56 Å². The molecule has 6 heteroatoms. The average Bonchev–Trinajstić information content (AvgIpc) is 3.03. The Morgan fingerprint density at radius 1 is 1.23 bits per heavy atom. The van der Waals surface area contributed by atoms with Gasteiger partial charge in [0.1, 0.15) is 17.9 Å². The lowest BCUT2D eigenvalue weighted by atomic mass is 10.2. The summed E-state index contributed by atoms with van der Waals surface area (Å²) in [7, 11) is 0. The van der Waals surface area contributed by atoms with Crippen LogP contribution in [0.1, 0.15) is 18.5 Å². The molecule has 0 saturated heterocycles. The minimum Gasteiger partial charge on any atom is -0.350 e. The lowest BCUT2D eigenvalue weighted by molar-refractivity contribution is -0.124. The number of hydrogen-bond acceptors (Lipinski definition) is 3. The topological polar surface area (TPSA) is 68.4 Å². The molecule has 0 saturated carbocycles. The van der Waals surface area contributed by atoms with Gasteiger partial charge in [-0.3, -0.25) is 9.59 Å². The molecule has 1 N–H and O–H groups in total. The molecule has 3 rings (SSSR count). The van der Waals surface area contributed by atoms with E-state index in [9.17, 15) is 9.59 Å². The minimum atomic E-state index is -0.670. The van der Waals surface area contributed by atoms with Crippen molar-refractivity contribution >= 4 is 11.4 Å². The van der Waals surface area contributed by atoms with Crippen LogP contribution in [0.5, 0.6) is 0 Å². The summed E-state index contributed by atoms with van der Waals surface area (Å²) in [4.78, 5) is 24.5. The van der Waals surface area contributed by atoms with Gasteiger partial charge in [0.15, 0.2) is 0 Å². The minimum absolute atomic E-state index is 0.241. The highest BCUT2D eigenvalue weighted by atomic mass is 16.2. The zero-order chi connectivity index (χ0) is 15.5. The molecule has 1 atom stereocenters. The number of rotatable bonds is 4. The van der Waals surface area contributed by atoms with E-state index in [2.05, 4.69) is 10.4 Å².